The van der Waals surface area contributed by atoms with E-state index in [4.69, 9.17) is 4.74 Å². The molecule has 6 heteroatoms. The van der Waals surface area contributed by atoms with Crippen molar-refractivity contribution < 1.29 is 14.3 Å². The van der Waals surface area contributed by atoms with Crippen LogP contribution >= 0.6 is 0 Å². The molecule has 0 atom stereocenters. The van der Waals surface area contributed by atoms with Gasteiger partial charge >= 0.3 is 0 Å². The fourth-order valence-corrected chi connectivity index (χ4v) is 3.32. The molecule has 1 aromatic carbocycles. The first-order chi connectivity index (χ1) is 13.9. The minimum atomic E-state index is -0.124. The lowest BCUT2D eigenvalue weighted by atomic mass is 10.1. The van der Waals surface area contributed by atoms with Gasteiger partial charge in [0, 0.05) is 35.6 Å². The summed E-state index contributed by atoms with van der Waals surface area (Å²) in [6.45, 7) is 5.80. The van der Waals surface area contributed by atoms with E-state index in [9.17, 15) is 9.59 Å². The van der Waals surface area contributed by atoms with Gasteiger partial charge in [-0.25, -0.2) is 4.98 Å². The van der Waals surface area contributed by atoms with Crippen LogP contribution in [-0.4, -0.2) is 28.4 Å². The van der Waals surface area contributed by atoms with E-state index < -0.39 is 0 Å². The average molecular weight is 391 g/mol. The Labute approximate surface area is 170 Å². The van der Waals surface area contributed by atoms with E-state index >= 15 is 0 Å². The lowest BCUT2D eigenvalue weighted by molar-refractivity contribution is -0.116. The number of nitrogens with one attached hydrogen (secondary N) is 1. The molecule has 3 aromatic rings. The number of aryl methyl sites for hydroxylation is 1. The number of nitrogens with zero attached hydrogens (tertiary/aromatic N) is 2. The van der Waals surface area contributed by atoms with Crippen LogP contribution in [0.1, 0.15) is 35.1 Å². The summed E-state index contributed by atoms with van der Waals surface area (Å²) in [5.74, 6) is 1.19. The first-order valence-electron chi connectivity index (χ1n) is 9.48. The molecule has 29 heavy (non-hydrogen) atoms. The Kier molecular flexibility index (Phi) is 6.12. The van der Waals surface area contributed by atoms with Crippen LogP contribution in [0.15, 0.2) is 48.5 Å². The van der Waals surface area contributed by atoms with Gasteiger partial charge in [0.1, 0.15) is 11.6 Å². The van der Waals surface area contributed by atoms with Gasteiger partial charge in [0.05, 0.1) is 7.11 Å². The van der Waals surface area contributed by atoms with E-state index in [1.807, 2.05) is 60.9 Å². The fourth-order valence-electron chi connectivity index (χ4n) is 3.32. The number of hydrogen-bond donors (Lipinski definition) is 1. The third kappa shape index (κ3) is 4.71. The summed E-state index contributed by atoms with van der Waals surface area (Å²) >= 11 is 0. The normalized spacial score (nSPS) is 10.6. The highest BCUT2D eigenvalue weighted by Crippen LogP contribution is 2.28. The number of rotatable bonds is 7. The minimum Gasteiger partial charge on any atom is -0.497 e. The SMILES string of the molecule is COc1ccc(-c2cc(C(C)=O)c(C)n2CCC(=O)Nc2cccc(C)n2)cc1. The highest BCUT2D eigenvalue weighted by molar-refractivity contribution is 5.97. The second-order valence-corrected chi connectivity index (χ2v) is 6.93. The third-order valence-corrected chi connectivity index (χ3v) is 4.85. The first kappa shape index (κ1) is 20.3. The first-order valence-corrected chi connectivity index (χ1v) is 9.48. The number of ketones is 1. The maximum absolute atomic E-state index is 12.4. The molecular formula is C23H25N3O3. The Morgan fingerprint density at radius 3 is 2.45 bits per heavy atom. The average Bonchev–Trinajstić information content (AvgIpc) is 3.03. The van der Waals surface area contributed by atoms with Gasteiger partial charge < -0.3 is 14.6 Å². The number of hydrogen-bond acceptors (Lipinski definition) is 4. The maximum Gasteiger partial charge on any atom is 0.227 e. The summed E-state index contributed by atoms with van der Waals surface area (Å²) in [6.07, 6.45) is 0.269. The van der Waals surface area contributed by atoms with Crippen molar-refractivity contribution in [2.24, 2.45) is 0 Å². The molecule has 2 aromatic heterocycles. The maximum atomic E-state index is 12.4. The Morgan fingerprint density at radius 1 is 1.10 bits per heavy atom. The molecule has 0 fully saturated rings. The number of benzene rings is 1. The molecule has 3 rings (SSSR count). The van der Waals surface area contributed by atoms with Crippen LogP contribution in [0, 0.1) is 13.8 Å². The van der Waals surface area contributed by atoms with Gasteiger partial charge in [-0.15, -0.1) is 0 Å². The lowest BCUT2D eigenvalue weighted by Gasteiger charge is -2.13. The van der Waals surface area contributed by atoms with Crippen molar-refractivity contribution in [1.29, 1.82) is 0 Å². The molecule has 0 radical (unpaired) electrons. The van der Waals surface area contributed by atoms with Crippen molar-refractivity contribution in [2.45, 2.75) is 33.7 Å². The molecule has 1 N–H and O–H groups in total. The van der Waals surface area contributed by atoms with Crippen LogP contribution < -0.4 is 10.1 Å². The van der Waals surface area contributed by atoms with E-state index in [1.54, 1.807) is 20.1 Å². The highest BCUT2D eigenvalue weighted by atomic mass is 16.5. The van der Waals surface area contributed by atoms with Crippen LogP contribution in [-0.2, 0) is 11.3 Å². The molecule has 0 saturated heterocycles. The molecule has 150 valence electrons. The van der Waals surface area contributed by atoms with Gasteiger partial charge in [-0.05, 0) is 68.8 Å². The topological polar surface area (TPSA) is 73.2 Å². The predicted octanol–water partition coefficient (Wildman–Crippen LogP) is 4.41. The Morgan fingerprint density at radius 2 is 1.83 bits per heavy atom. The van der Waals surface area contributed by atoms with Crippen LogP contribution in [0.5, 0.6) is 5.75 Å². The second kappa shape index (κ2) is 8.73. The van der Waals surface area contributed by atoms with Crippen molar-refractivity contribution in [3.63, 3.8) is 0 Å². The molecule has 0 unspecified atom stereocenters. The molecule has 0 aliphatic carbocycles. The molecular weight excluding hydrogens is 366 g/mol. The monoisotopic (exact) mass is 391 g/mol. The molecule has 0 saturated carbocycles. The number of carbonyl (C=O) groups excluding carboxylic acids is 2. The van der Waals surface area contributed by atoms with Gasteiger partial charge in [-0.3, -0.25) is 9.59 Å². The fraction of sp³-hybridized carbons (Fsp3) is 0.261. The molecule has 0 aliphatic heterocycles. The van der Waals surface area contributed by atoms with Gasteiger partial charge in [0.25, 0.3) is 0 Å². The number of Topliss-reactive ketones (excluding diaryl/α,β-unsaturated/α-hetero) is 1. The highest BCUT2D eigenvalue weighted by Gasteiger charge is 2.17. The van der Waals surface area contributed by atoms with E-state index in [-0.39, 0.29) is 18.1 Å². The second-order valence-electron chi connectivity index (χ2n) is 6.93. The smallest absolute Gasteiger partial charge is 0.227 e. The molecule has 2 heterocycles. The summed E-state index contributed by atoms with van der Waals surface area (Å²) in [5, 5.41) is 2.83. The number of pyridine rings is 1. The van der Waals surface area contributed by atoms with Crippen LogP contribution in [0.4, 0.5) is 5.82 Å². The largest absolute Gasteiger partial charge is 0.497 e. The van der Waals surface area contributed by atoms with Gasteiger partial charge in [0.2, 0.25) is 5.91 Å². The van der Waals surface area contributed by atoms with E-state index in [0.29, 0.717) is 17.9 Å². The number of anilines is 1. The van der Waals surface area contributed by atoms with Crippen LogP contribution in [0.3, 0.4) is 0 Å². The number of methoxy groups -OCH3 is 1. The summed E-state index contributed by atoms with van der Waals surface area (Å²) < 4.78 is 7.24. The van der Waals surface area contributed by atoms with E-state index in [1.165, 1.54) is 0 Å². The number of aromatic nitrogens is 2. The van der Waals surface area contributed by atoms with E-state index in [0.717, 1.165) is 28.4 Å². The van der Waals surface area contributed by atoms with Crippen molar-refractivity contribution in [3.8, 4) is 17.0 Å². The molecule has 0 spiro atoms. The summed E-state index contributed by atoms with van der Waals surface area (Å²) in [7, 11) is 1.62. The van der Waals surface area contributed by atoms with Crippen molar-refractivity contribution in [1.82, 2.24) is 9.55 Å². The predicted molar refractivity (Wildman–Crippen MR) is 113 cm³/mol. The molecule has 0 aliphatic rings. The summed E-state index contributed by atoms with van der Waals surface area (Å²) in [4.78, 5) is 28.8. The third-order valence-electron chi connectivity index (χ3n) is 4.85. The molecule has 1 amide bonds. The zero-order valence-electron chi connectivity index (χ0n) is 17.2. The molecule has 0 bridgehead atoms. The van der Waals surface area contributed by atoms with Crippen LogP contribution in [0.2, 0.25) is 0 Å². The van der Waals surface area contributed by atoms with Crippen LogP contribution in [0.25, 0.3) is 11.3 Å². The number of ether oxygens (including phenoxy) is 1. The lowest BCUT2D eigenvalue weighted by Crippen LogP contribution is -2.16. The number of carbonyl (C=O) groups is 2. The minimum absolute atomic E-state index is 0.00410. The standard InChI is InChI=1S/C23H25N3O3/c1-15-6-5-7-22(24-15)25-23(28)12-13-26-16(2)20(17(3)27)14-21(26)18-8-10-19(29-4)11-9-18/h5-11,14H,12-13H2,1-4H3,(H,24,25,28). The molecule has 6 nitrogen and oxygen atoms in total. The zero-order valence-corrected chi connectivity index (χ0v) is 17.2. The van der Waals surface area contributed by atoms with Crippen molar-refractivity contribution >= 4 is 17.5 Å². The van der Waals surface area contributed by atoms with Crippen molar-refractivity contribution in [3.05, 3.63) is 65.5 Å². The number of amides is 1. The Hall–Kier alpha value is -3.41. The van der Waals surface area contributed by atoms with Gasteiger partial charge in [0.15, 0.2) is 5.78 Å². The van der Waals surface area contributed by atoms with Gasteiger partial charge in [-0.2, -0.15) is 0 Å². The Balaban J connectivity index is 1.83. The van der Waals surface area contributed by atoms with Crippen molar-refractivity contribution in [2.75, 3.05) is 12.4 Å². The van der Waals surface area contributed by atoms with E-state index in [2.05, 4.69) is 10.3 Å². The quantitative estimate of drug-likeness (QED) is 0.606. The zero-order chi connectivity index (χ0) is 21.0. The Bertz CT molecular complexity index is 1040. The van der Waals surface area contributed by atoms with Gasteiger partial charge in [-0.1, -0.05) is 6.07 Å². The summed E-state index contributed by atoms with van der Waals surface area (Å²) in [5.41, 5.74) is 4.22. The summed E-state index contributed by atoms with van der Waals surface area (Å²) in [6, 6.07) is 15.0.